The van der Waals surface area contributed by atoms with Gasteiger partial charge in [0.25, 0.3) is 0 Å². The predicted molar refractivity (Wildman–Crippen MR) is 39.2 cm³/mol. The molecule has 0 amide bonds. The maximum absolute atomic E-state index is 10.3. The molecule has 0 spiro atoms. The van der Waals surface area contributed by atoms with Crippen LogP contribution in [0.5, 0.6) is 0 Å². The first-order valence-electron chi connectivity index (χ1n) is 3.42. The summed E-state index contributed by atoms with van der Waals surface area (Å²) in [5.41, 5.74) is 0.698. The van der Waals surface area contributed by atoms with E-state index in [0.29, 0.717) is 12.1 Å². The molecule has 0 unspecified atom stereocenters. The van der Waals surface area contributed by atoms with E-state index in [1.54, 1.807) is 0 Å². The van der Waals surface area contributed by atoms with Crippen molar-refractivity contribution in [3.05, 3.63) is 22.0 Å². The van der Waals surface area contributed by atoms with Gasteiger partial charge in [0.05, 0.1) is 4.92 Å². The van der Waals surface area contributed by atoms with E-state index in [1.807, 2.05) is 6.92 Å². The zero-order chi connectivity index (χ0) is 8.27. The minimum atomic E-state index is -0.422. The largest absolute Gasteiger partial charge is 0.309 e. The molecular weight excluding hydrogens is 146 g/mol. The summed E-state index contributed by atoms with van der Waals surface area (Å²) < 4.78 is 0. The number of rotatable bonds is 3. The van der Waals surface area contributed by atoms with Crippen molar-refractivity contribution in [3.63, 3.8) is 0 Å². The Kier molecular flexibility index (Phi) is 2.20. The Balaban J connectivity index is 2.87. The number of aromatic amines is 1. The fourth-order valence-electron chi connectivity index (χ4n) is 0.898. The van der Waals surface area contributed by atoms with Gasteiger partial charge in [0.15, 0.2) is 0 Å². The highest BCUT2D eigenvalue weighted by Gasteiger charge is 2.13. The van der Waals surface area contributed by atoms with Crippen LogP contribution in [0.2, 0.25) is 0 Å². The molecule has 1 rings (SSSR count). The molecule has 0 atom stereocenters. The molecule has 5 heteroatoms. The third-order valence-corrected chi connectivity index (χ3v) is 1.39. The average molecular weight is 155 g/mol. The van der Waals surface area contributed by atoms with Crippen LogP contribution in [0.15, 0.2) is 6.20 Å². The van der Waals surface area contributed by atoms with Crippen LogP contribution < -0.4 is 0 Å². The predicted octanol–water partition coefficient (Wildman–Crippen LogP) is 1.27. The molecule has 0 aromatic carbocycles. The van der Waals surface area contributed by atoms with Gasteiger partial charge in [-0.05, 0) is 6.42 Å². The minimum absolute atomic E-state index is 0.0897. The first kappa shape index (κ1) is 7.71. The van der Waals surface area contributed by atoms with Crippen molar-refractivity contribution in [2.24, 2.45) is 0 Å². The first-order chi connectivity index (χ1) is 5.25. The second-order valence-corrected chi connectivity index (χ2v) is 2.24. The number of nitro groups is 1. The normalized spacial score (nSPS) is 9.91. The molecule has 5 nitrogen and oxygen atoms in total. The van der Waals surface area contributed by atoms with Gasteiger partial charge in [0.2, 0.25) is 0 Å². The lowest BCUT2D eigenvalue weighted by Gasteiger charge is -1.90. The zero-order valence-electron chi connectivity index (χ0n) is 6.20. The van der Waals surface area contributed by atoms with Gasteiger partial charge in [-0.15, -0.1) is 0 Å². The van der Waals surface area contributed by atoms with Gasteiger partial charge in [-0.3, -0.25) is 15.2 Å². The molecule has 1 aromatic heterocycles. The van der Waals surface area contributed by atoms with Crippen molar-refractivity contribution in [1.82, 2.24) is 10.2 Å². The highest BCUT2D eigenvalue weighted by atomic mass is 16.6. The molecule has 0 saturated carbocycles. The summed E-state index contributed by atoms with van der Waals surface area (Å²) in [5.74, 6) is 0. The number of hydrogen-bond acceptors (Lipinski definition) is 3. The Morgan fingerprint density at radius 1 is 1.82 bits per heavy atom. The van der Waals surface area contributed by atoms with Gasteiger partial charge in [0.1, 0.15) is 11.9 Å². The maximum Gasteiger partial charge on any atom is 0.309 e. The Bertz CT molecular complexity index is 256. The monoisotopic (exact) mass is 155 g/mol. The summed E-state index contributed by atoms with van der Waals surface area (Å²) in [4.78, 5) is 9.88. The Labute approximate surface area is 63.6 Å². The van der Waals surface area contributed by atoms with Gasteiger partial charge in [-0.1, -0.05) is 13.3 Å². The van der Waals surface area contributed by atoms with Crippen LogP contribution in [-0.2, 0) is 6.42 Å². The van der Waals surface area contributed by atoms with Crippen molar-refractivity contribution >= 4 is 5.69 Å². The van der Waals surface area contributed by atoms with Gasteiger partial charge in [-0.2, -0.15) is 5.10 Å². The molecule has 0 bridgehead atoms. The molecule has 11 heavy (non-hydrogen) atoms. The molecule has 1 heterocycles. The molecule has 0 aliphatic heterocycles. The number of nitrogens with one attached hydrogen (secondary N) is 1. The second kappa shape index (κ2) is 3.14. The summed E-state index contributed by atoms with van der Waals surface area (Å²) >= 11 is 0. The lowest BCUT2D eigenvalue weighted by Crippen LogP contribution is -1.92. The zero-order valence-corrected chi connectivity index (χ0v) is 6.20. The fraction of sp³-hybridized carbons (Fsp3) is 0.500. The molecule has 1 aromatic rings. The van der Waals surface area contributed by atoms with Crippen LogP contribution in [0, 0.1) is 10.1 Å². The van der Waals surface area contributed by atoms with E-state index in [-0.39, 0.29) is 5.69 Å². The lowest BCUT2D eigenvalue weighted by molar-refractivity contribution is -0.385. The van der Waals surface area contributed by atoms with Crippen LogP contribution in [0.25, 0.3) is 0 Å². The van der Waals surface area contributed by atoms with Gasteiger partial charge < -0.3 is 0 Å². The van der Waals surface area contributed by atoms with E-state index in [1.165, 1.54) is 6.20 Å². The molecule has 0 aliphatic carbocycles. The van der Waals surface area contributed by atoms with Crippen LogP contribution in [0.1, 0.15) is 19.0 Å². The summed E-state index contributed by atoms with van der Waals surface area (Å²) in [6.45, 7) is 1.96. The molecule has 0 fully saturated rings. The standard InChI is InChI=1S/C6H9N3O2/c1-2-3-5-6(9(10)11)4-7-8-5/h4H,2-3H2,1H3,(H,7,8). The highest BCUT2D eigenvalue weighted by Crippen LogP contribution is 2.15. The van der Waals surface area contributed by atoms with E-state index in [2.05, 4.69) is 10.2 Å². The Morgan fingerprint density at radius 3 is 3.09 bits per heavy atom. The number of H-pyrrole nitrogens is 1. The van der Waals surface area contributed by atoms with Crippen molar-refractivity contribution in [1.29, 1.82) is 0 Å². The Hall–Kier alpha value is -1.39. The smallest absolute Gasteiger partial charge is 0.275 e. The Morgan fingerprint density at radius 2 is 2.55 bits per heavy atom. The summed E-state index contributed by atoms with van der Waals surface area (Å²) in [5, 5.41) is 16.5. The van der Waals surface area contributed by atoms with Crippen molar-refractivity contribution in [3.8, 4) is 0 Å². The average Bonchev–Trinajstić information content (AvgIpc) is 2.36. The first-order valence-corrected chi connectivity index (χ1v) is 3.42. The molecule has 0 saturated heterocycles. The van der Waals surface area contributed by atoms with Gasteiger partial charge >= 0.3 is 5.69 Å². The number of aromatic nitrogens is 2. The fourth-order valence-corrected chi connectivity index (χ4v) is 0.898. The third kappa shape index (κ3) is 1.54. The second-order valence-electron chi connectivity index (χ2n) is 2.24. The van der Waals surface area contributed by atoms with Crippen molar-refractivity contribution in [2.45, 2.75) is 19.8 Å². The number of hydrogen-bond donors (Lipinski definition) is 1. The van der Waals surface area contributed by atoms with Crippen LogP contribution >= 0.6 is 0 Å². The van der Waals surface area contributed by atoms with Crippen LogP contribution in [-0.4, -0.2) is 15.1 Å². The van der Waals surface area contributed by atoms with E-state index in [0.717, 1.165) is 6.42 Å². The minimum Gasteiger partial charge on any atom is -0.275 e. The number of aryl methyl sites for hydroxylation is 1. The van der Waals surface area contributed by atoms with Crippen molar-refractivity contribution < 1.29 is 4.92 Å². The molecule has 0 aliphatic rings. The lowest BCUT2D eigenvalue weighted by atomic mass is 10.2. The highest BCUT2D eigenvalue weighted by molar-refractivity contribution is 5.31. The molecule has 0 radical (unpaired) electrons. The van der Waals surface area contributed by atoms with E-state index >= 15 is 0 Å². The molecule has 60 valence electrons. The SMILES string of the molecule is CCCc1[nH]ncc1[N+](=O)[O-]. The van der Waals surface area contributed by atoms with Crippen LogP contribution in [0.4, 0.5) is 5.69 Å². The van der Waals surface area contributed by atoms with Gasteiger partial charge in [-0.25, -0.2) is 0 Å². The summed E-state index contributed by atoms with van der Waals surface area (Å²) in [6, 6.07) is 0. The molecule has 1 N–H and O–H groups in total. The topological polar surface area (TPSA) is 71.8 Å². The van der Waals surface area contributed by atoms with Crippen LogP contribution in [0.3, 0.4) is 0 Å². The molecular formula is C6H9N3O2. The van der Waals surface area contributed by atoms with Gasteiger partial charge in [0, 0.05) is 0 Å². The summed E-state index contributed by atoms with van der Waals surface area (Å²) in [7, 11) is 0. The number of nitrogens with zero attached hydrogens (tertiary/aromatic N) is 2. The van der Waals surface area contributed by atoms with Crippen molar-refractivity contribution in [2.75, 3.05) is 0 Å². The maximum atomic E-state index is 10.3. The quantitative estimate of drug-likeness (QED) is 0.527. The van der Waals surface area contributed by atoms with E-state index < -0.39 is 4.92 Å². The third-order valence-electron chi connectivity index (χ3n) is 1.39. The van der Waals surface area contributed by atoms with E-state index in [9.17, 15) is 10.1 Å². The summed E-state index contributed by atoms with van der Waals surface area (Å²) in [6.07, 6.45) is 2.80. The van der Waals surface area contributed by atoms with E-state index in [4.69, 9.17) is 0 Å².